The van der Waals surface area contributed by atoms with Crippen LogP contribution in [0.1, 0.15) is 5.56 Å². The minimum absolute atomic E-state index is 0.120. The van der Waals surface area contributed by atoms with E-state index in [1.54, 1.807) is 6.07 Å². The summed E-state index contributed by atoms with van der Waals surface area (Å²) in [4.78, 5) is 20.2. The van der Waals surface area contributed by atoms with E-state index in [9.17, 15) is 14.9 Å². The van der Waals surface area contributed by atoms with Crippen molar-refractivity contribution in [2.45, 2.75) is 0 Å². The van der Waals surface area contributed by atoms with Crippen molar-refractivity contribution in [2.24, 2.45) is 0 Å². The van der Waals surface area contributed by atoms with Gasteiger partial charge in [0.15, 0.2) is 5.75 Å². The fraction of sp³-hybridized carbons (Fsp3) is 0.100. The summed E-state index contributed by atoms with van der Waals surface area (Å²) in [6.07, 6.45) is 3.36. The van der Waals surface area contributed by atoms with Gasteiger partial charge in [0, 0.05) is 6.07 Å². The van der Waals surface area contributed by atoms with Gasteiger partial charge in [-0.2, -0.15) is 0 Å². The molecule has 0 saturated carbocycles. The third-order valence-corrected chi connectivity index (χ3v) is 1.77. The van der Waals surface area contributed by atoms with Gasteiger partial charge >= 0.3 is 5.69 Å². The molecular formula is C10H9NO4. The Hall–Kier alpha value is -2.17. The Kier molecular flexibility index (Phi) is 3.56. The first kappa shape index (κ1) is 10.9. The molecule has 1 aromatic rings. The van der Waals surface area contributed by atoms with Crippen molar-refractivity contribution in [2.75, 3.05) is 7.11 Å². The number of rotatable bonds is 4. The van der Waals surface area contributed by atoms with Gasteiger partial charge in [0.1, 0.15) is 6.29 Å². The van der Waals surface area contributed by atoms with Crippen LogP contribution < -0.4 is 4.74 Å². The Morgan fingerprint density at radius 2 is 2.20 bits per heavy atom. The number of methoxy groups -OCH3 is 1. The van der Waals surface area contributed by atoms with Crippen molar-refractivity contribution in [1.82, 2.24) is 0 Å². The lowest BCUT2D eigenvalue weighted by molar-refractivity contribution is -0.385. The van der Waals surface area contributed by atoms with Gasteiger partial charge in [-0.1, -0.05) is 12.1 Å². The van der Waals surface area contributed by atoms with E-state index in [4.69, 9.17) is 4.74 Å². The lowest BCUT2D eigenvalue weighted by Gasteiger charge is -2.01. The van der Waals surface area contributed by atoms with E-state index in [1.807, 2.05) is 0 Å². The molecule has 0 aromatic heterocycles. The third-order valence-electron chi connectivity index (χ3n) is 1.77. The highest BCUT2D eigenvalue weighted by atomic mass is 16.6. The van der Waals surface area contributed by atoms with Crippen molar-refractivity contribution in [3.05, 3.63) is 40.0 Å². The molecule has 0 heterocycles. The molecule has 0 fully saturated rings. The molecule has 1 rings (SSSR count). The molecule has 78 valence electrons. The average Bonchev–Trinajstić information content (AvgIpc) is 2.25. The molecule has 0 aliphatic carbocycles. The molecule has 0 amide bonds. The number of hydrogen-bond acceptors (Lipinski definition) is 4. The lowest BCUT2D eigenvalue weighted by atomic mass is 10.2. The van der Waals surface area contributed by atoms with Crippen LogP contribution in [0.15, 0.2) is 24.3 Å². The summed E-state index contributed by atoms with van der Waals surface area (Å²) in [5.41, 5.74) is 0.458. The summed E-state index contributed by atoms with van der Waals surface area (Å²) in [6.45, 7) is 0. The summed E-state index contributed by atoms with van der Waals surface area (Å²) >= 11 is 0. The van der Waals surface area contributed by atoms with E-state index in [0.29, 0.717) is 11.8 Å². The molecule has 0 bridgehead atoms. The molecular weight excluding hydrogens is 198 g/mol. The summed E-state index contributed by atoms with van der Waals surface area (Å²) in [7, 11) is 1.36. The predicted molar refractivity (Wildman–Crippen MR) is 54.7 cm³/mol. The van der Waals surface area contributed by atoms with Crippen LogP contribution in [0.3, 0.4) is 0 Å². The number of aldehydes is 1. The maximum atomic E-state index is 10.6. The summed E-state index contributed by atoms with van der Waals surface area (Å²) in [6, 6.07) is 4.47. The Morgan fingerprint density at radius 1 is 1.47 bits per heavy atom. The molecule has 0 radical (unpaired) electrons. The Bertz CT molecular complexity index is 412. The second kappa shape index (κ2) is 4.90. The summed E-state index contributed by atoms with van der Waals surface area (Å²) in [5, 5.41) is 10.6. The van der Waals surface area contributed by atoms with Gasteiger partial charge in [-0.25, -0.2) is 0 Å². The number of nitro groups is 1. The quantitative estimate of drug-likeness (QED) is 0.327. The van der Waals surface area contributed by atoms with Crippen LogP contribution >= 0.6 is 0 Å². The van der Waals surface area contributed by atoms with Crippen LogP contribution in [0.2, 0.25) is 0 Å². The first-order valence-electron chi connectivity index (χ1n) is 4.13. The third kappa shape index (κ3) is 2.63. The maximum absolute atomic E-state index is 10.6. The normalized spacial score (nSPS) is 10.2. The number of hydrogen-bond donors (Lipinski definition) is 0. The Labute approximate surface area is 86.1 Å². The number of benzene rings is 1. The topological polar surface area (TPSA) is 69.4 Å². The van der Waals surface area contributed by atoms with Crippen LogP contribution in [0.25, 0.3) is 6.08 Å². The molecule has 0 aliphatic rings. The van der Waals surface area contributed by atoms with Gasteiger partial charge in [0.2, 0.25) is 0 Å². The SMILES string of the molecule is COc1ccc(/C=C/C=O)cc1[N+](=O)[O-]. The van der Waals surface area contributed by atoms with Crippen molar-refractivity contribution < 1.29 is 14.5 Å². The van der Waals surface area contributed by atoms with Crippen LogP contribution in [-0.2, 0) is 4.79 Å². The van der Waals surface area contributed by atoms with Gasteiger partial charge in [0.05, 0.1) is 12.0 Å². The minimum Gasteiger partial charge on any atom is -0.490 e. The standard InChI is InChI=1S/C10H9NO4/c1-15-10-5-4-8(3-2-6-12)7-9(10)11(13)14/h2-7H,1H3/b3-2+. The molecule has 5 heteroatoms. The highest BCUT2D eigenvalue weighted by molar-refractivity contribution is 5.74. The number of ether oxygens (including phenoxy) is 1. The highest BCUT2D eigenvalue weighted by Gasteiger charge is 2.13. The number of nitrogens with zero attached hydrogens (tertiary/aromatic N) is 1. The fourth-order valence-electron chi connectivity index (χ4n) is 1.10. The van der Waals surface area contributed by atoms with E-state index in [1.165, 1.54) is 31.4 Å². The lowest BCUT2D eigenvalue weighted by Crippen LogP contribution is -1.93. The number of carbonyl (C=O) groups is 1. The van der Waals surface area contributed by atoms with Crippen LogP contribution in [0.5, 0.6) is 5.75 Å². The number of carbonyl (C=O) groups excluding carboxylic acids is 1. The zero-order chi connectivity index (χ0) is 11.3. The highest BCUT2D eigenvalue weighted by Crippen LogP contribution is 2.27. The average molecular weight is 207 g/mol. The molecule has 0 saturated heterocycles. The van der Waals surface area contributed by atoms with Gasteiger partial charge in [-0.15, -0.1) is 0 Å². The summed E-state index contributed by atoms with van der Waals surface area (Å²) < 4.78 is 4.83. The van der Waals surface area contributed by atoms with Gasteiger partial charge in [0.25, 0.3) is 0 Å². The second-order valence-electron chi connectivity index (χ2n) is 2.68. The summed E-state index contributed by atoms with van der Waals surface area (Å²) in [5.74, 6) is 0.197. The van der Waals surface area contributed by atoms with E-state index in [2.05, 4.69) is 0 Å². The zero-order valence-electron chi connectivity index (χ0n) is 8.04. The molecule has 0 atom stereocenters. The monoisotopic (exact) mass is 207 g/mol. The van der Waals surface area contributed by atoms with Crippen LogP contribution in [-0.4, -0.2) is 18.3 Å². The van der Waals surface area contributed by atoms with Crippen molar-refractivity contribution >= 4 is 18.0 Å². The molecule has 0 spiro atoms. The molecule has 5 nitrogen and oxygen atoms in total. The molecule has 0 unspecified atom stereocenters. The van der Waals surface area contributed by atoms with E-state index < -0.39 is 4.92 Å². The second-order valence-corrected chi connectivity index (χ2v) is 2.68. The fourth-order valence-corrected chi connectivity index (χ4v) is 1.10. The Morgan fingerprint density at radius 3 is 2.73 bits per heavy atom. The largest absolute Gasteiger partial charge is 0.490 e. The first-order valence-corrected chi connectivity index (χ1v) is 4.13. The molecule has 1 aromatic carbocycles. The van der Waals surface area contributed by atoms with Gasteiger partial charge in [-0.3, -0.25) is 14.9 Å². The van der Waals surface area contributed by atoms with Crippen LogP contribution in [0.4, 0.5) is 5.69 Å². The smallest absolute Gasteiger partial charge is 0.311 e. The number of allylic oxidation sites excluding steroid dienone is 1. The van der Waals surface area contributed by atoms with E-state index >= 15 is 0 Å². The predicted octanol–water partition coefficient (Wildman–Crippen LogP) is 1.82. The van der Waals surface area contributed by atoms with Crippen LogP contribution in [0, 0.1) is 10.1 Å². The Balaban J connectivity index is 3.15. The minimum atomic E-state index is -0.531. The van der Waals surface area contributed by atoms with E-state index in [-0.39, 0.29) is 11.4 Å². The molecule has 0 aliphatic heterocycles. The number of nitro benzene ring substituents is 1. The van der Waals surface area contributed by atoms with Crippen molar-refractivity contribution in [1.29, 1.82) is 0 Å². The molecule has 15 heavy (non-hydrogen) atoms. The van der Waals surface area contributed by atoms with Gasteiger partial charge in [-0.05, 0) is 17.7 Å². The van der Waals surface area contributed by atoms with E-state index in [0.717, 1.165) is 0 Å². The first-order chi connectivity index (χ1) is 7.19. The van der Waals surface area contributed by atoms with Crippen molar-refractivity contribution in [3.63, 3.8) is 0 Å². The maximum Gasteiger partial charge on any atom is 0.311 e. The molecule has 0 N–H and O–H groups in total. The van der Waals surface area contributed by atoms with Gasteiger partial charge < -0.3 is 4.74 Å². The van der Waals surface area contributed by atoms with Crippen molar-refractivity contribution in [3.8, 4) is 5.75 Å². The zero-order valence-corrected chi connectivity index (χ0v) is 8.04.